The quantitative estimate of drug-likeness (QED) is 0.644. The Morgan fingerprint density at radius 1 is 1.47 bits per heavy atom. The number of hydrogen-bond acceptors (Lipinski definition) is 4. The van der Waals surface area contributed by atoms with Gasteiger partial charge in [-0.15, -0.1) is 11.3 Å². The Morgan fingerprint density at radius 3 is 2.73 bits per heavy atom. The van der Waals surface area contributed by atoms with E-state index >= 15 is 0 Å². The standard InChI is InChI=1S/C8H7F3N2OS/c9-8(10,11)5-14-13-4-7-2-1-6(3-12)15-7/h1-2,13H,4-5H2. The van der Waals surface area contributed by atoms with Crippen LogP contribution in [0, 0.1) is 11.3 Å². The molecule has 15 heavy (non-hydrogen) atoms. The number of alkyl halides is 3. The molecule has 0 aromatic carbocycles. The minimum absolute atomic E-state index is 0.155. The fourth-order valence-corrected chi connectivity index (χ4v) is 1.52. The maximum Gasteiger partial charge on any atom is 0.413 e. The van der Waals surface area contributed by atoms with Crippen molar-refractivity contribution in [3.8, 4) is 6.07 Å². The van der Waals surface area contributed by atoms with Crippen molar-refractivity contribution >= 4 is 11.3 Å². The van der Waals surface area contributed by atoms with E-state index in [1.165, 1.54) is 11.3 Å². The smallest absolute Gasteiger partial charge is 0.292 e. The summed E-state index contributed by atoms with van der Waals surface area (Å²) in [5.41, 5.74) is 2.18. The molecular weight excluding hydrogens is 229 g/mol. The summed E-state index contributed by atoms with van der Waals surface area (Å²) in [5.74, 6) is 0. The molecule has 82 valence electrons. The van der Waals surface area contributed by atoms with Crippen LogP contribution in [-0.4, -0.2) is 12.8 Å². The Bertz CT molecular complexity index is 356. The zero-order chi connectivity index (χ0) is 11.3. The molecule has 1 aromatic rings. The number of hydroxylamine groups is 1. The molecule has 0 fully saturated rings. The highest BCUT2D eigenvalue weighted by Crippen LogP contribution is 2.16. The van der Waals surface area contributed by atoms with Crippen LogP contribution in [0.15, 0.2) is 12.1 Å². The second-order valence-corrected chi connectivity index (χ2v) is 3.77. The molecule has 1 N–H and O–H groups in total. The third kappa shape index (κ3) is 4.78. The molecule has 0 amide bonds. The van der Waals surface area contributed by atoms with Crippen molar-refractivity contribution in [2.75, 3.05) is 6.61 Å². The topological polar surface area (TPSA) is 45.0 Å². The van der Waals surface area contributed by atoms with E-state index in [1.54, 1.807) is 12.1 Å². The molecule has 0 aliphatic carbocycles. The fraction of sp³-hybridized carbons (Fsp3) is 0.375. The van der Waals surface area contributed by atoms with Gasteiger partial charge in [0.15, 0.2) is 6.61 Å². The van der Waals surface area contributed by atoms with Gasteiger partial charge < -0.3 is 0 Å². The van der Waals surface area contributed by atoms with Crippen LogP contribution in [0.5, 0.6) is 0 Å². The van der Waals surface area contributed by atoms with Gasteiger partial charge in [-0.25, -0.2) is 0 Å². The zero-order valence-corrected chi connectivity index (χ0v) is 8.28. The Hall–Kier alpha value is -1.10. The van der Waals surface area contributed by atoms with Crippen molar-refractivity contribution in [3.05, 3.63) is 21.9 Å². The highest BCUT2D eigenvalue weighted by atomic mass is 32.1. The Kier molecular flexibility index (Phi) is 4.08. The first kappa shape index (κ1) is 12.0. The highest BCUT2D eigenvalue weighted by Gasteiger charge is 2.27. The molecule has 0 spiro atoms. The van der Waals surface area contributed by atoms with E-state index in [1.807, 2.05) is 6.07 Å². The Balaban J connectivity index is 2.24. The third-order valence-corrected chi connectivity index (χ3v) is 2.35. The summed E-state index contributed by atoms with van der Waals surface area (Å²) in [4.78, 5) is 5.45. The van der Waals surface area contributed by atoms with Gasteiger partial charge in [-0.1, -0.05) is 0 Å². The van der Waals surface area contributed by atoms with Crippen LogP contribution in [0.1, 0.15) is 9.75 Å². The van der Waals surface area contributed by atoms with Crippen molar-refractivity contribution in [1.82, 2.24) is 5.48 Å². The van der Waals surface area contributed by atoms with Gasteiger partial charge in [-0.05, 0) is 12.1 Å². The summed E-state index contributed by atoms with van der Waals surface area (Å²) in [6.45, 7) is -1.17. The molecule has 1 rings (SSSR count). The van der Waals surface area contributed by atoms with Gasteiger partial charge in [0.25, 0.3) is 0 Å². The number of halogens is 3. The van der Waals surface area contributed by atoms with Gasteiger partial charge in [0.1, 0.15) is 10.9 Å². The molecule has 0 atom stereocenters. The average Bonchev–Trinajstić information content (AvgIpc) is 2.59. The molecule has 7 heteroatoms. The minimum Gasteiger partial charge on any atom is -0.292 e. The predicted octanol–water partition coefficient (Wildman–Crippen LogP) is 2.20. The monoisotopic (exact) mass is 236 g/mol. The van der Waals surface area contributed by atoms with Crippen molar-refractivity contribution in [2.45, 2.75) is 12.7 Å². The molecule has 1 aromatic heterocycles. The molecule has 0 unspecified atom stereocenters. The molecule has 0 aliphatic rings. The lowest BCUT2D eigenvalue weighted by Gasteiger charge is -2.07. The van der Waals surface area contributed by atoms with E-state index < -0.39 is 12.8 Å². The average molecular weight is 236 g/mol. The zero-order valence-electron chi connectivity index (χ0n) is 7.47. The minimum atomic E-state index is -4.33. The number of hydrogen-bond donors (Lipinski definition) is 1. The van der Waals surface area contributed by atoms with E-state index in [2.05, 4.69) is 10.3 Å². The van der Waals surface area contributed by atoms with Gasteiger partial charge in [0.05, 0.1) is 6.54 Å². The number of thiophene rings is 1. The molecule has 0 saturated heterocycles. The number of nitrogens with zero attached hydrogens (tertiary/aromatic N) is 1. The van der Waals surface area contributed by atoms with E-state index in [9.17, 15) is 13.2 Å². The predicted molar refractivity (Wildman–Crippen MR) is 47.9 cm³/mol. The Labute approximate surface area is 88.0 Å². The lowest BCUT2D eigenvalue weighted by atomic mass is 10.4. The van der Waals surface area contributed by atoms with Crippen LogP contribution in [0.25, 0.3) is 0 Å². The maximum absolute atomic E-state index is 11.6. The van der Waals surface area contributed by atoms with Gasteiger partial charge in [-0.3, -0.25) is 4.84 Å². The molecule has 0 radical (unpaired) electrons. The summed E-state index contributed by atoms with van der Waals surface area (Å²) < 4.78 is 34.9. The first-order valence-electron chi connectivity index (χ1n) is 3.91. The van der Waals surface area contributed by atoms with Crippen LogP contribution in [0.2, 0.25) is 0 Å². The second kappa shape index (κ2) is 5.11. The molecule has 3 nitrogen and oxygen atoms in total. The Morgan fingerprint density at radius 2 is 2.20 bits per heavy atom. The van der Waals surface area contributed by atoms with E-state index in [0.717, 1.165) is 4.88 Å². The van der Waals surface area contributed by atoms with Crippen LogP contribution in [-0.2, 0) is 11.4 Å². The van der Waals surface area contributed by atoms with Crippen LogP contribution in [0.4, 0.5) is 13.2 Å². The first-order valence-corrected chi connectivity index (χ1v) is 4.73. The largest absolute Gasteiger partial charge is 0.413 e. The summed E-state index contributed by atoms with van der Waals surface area (Å²) in [7, 11) is 0. The number of nitrogens with one attached hydrogen (secondary N) is 1. The molecule has 1 heterocycles. The van der Waals surface area contributed by atoms with Gasteiger partial charge in [-0.2, -0.15) is 23.9 Å². The van der Waals surface area contributed by atoms with Gasteiger partial charge in [0, 0.05) is 4.88 Å². The SMILES string of the molecule is N#Cc1ccc(CNOCC(F)(F)F)s1. The summed E-state index contributed by atoms with van der Waals surface area (Å²) in [6.07, 6.45) is -4.33. The number of rotatable bonds is 4. The van der Waals surface area contributed by atoms with Gasteiger partial charge >= 0.3 is 6.18 Å². The lowest BCUT2D eigenvalue weighted by Crippen LogP contribution is -2.24. The number of nitriles is 1. The normalized spacial score (nSPS) is 11.3. The summed E-state index contributed by atoms with van der Waals surface area (Å²) in [5, 5.41) is 8.49. The molecule has 0 aliphatic heterocycles. The van der Waals surface area contributed by atoms with Crippen molar-refractivity contribution in [2.24, 2.45) is 0 Å². The highest BCUT2D eigenvalue weighted by molar-refractivity contribution is 7.12. The van der Waals surface area contributed by atoms with E-state index in [-0.39, 0.29) is 6.54 Å². The van der Waals surface area contributed by atoms with E-state index in [4.69, 9.17) is 5.26 Å². The van der Waals surface area contributed by atoms with Crippen LogP contribution < -0.4 is 5.48 Å². The fourth-order valence-electron chi connectivity index (χ4n) is 0.788. The van der Waals surface area contributed by atoms with Crippen molar-refractivity contribution in [1.29, 1.82) is 5.26 Å². The van der Waals surface area contributed by atoms with Crippen molar-refractivity contribution < 1.29 is 18.0 Å². The first-order chi connectivity index (χ1) is 7.01. The maximum atomic E-state index is 11.6. The van der Waals surface area contributed by atoms with E-state index in [0.29, 0.717) is 4.88 Å². The van der Waals surface area contributed by atoms with Crippen LogP contribution in [0.3, 0.4) is 0 Å². The lowest BCUT2D eigenvalue weighted by molar-refractivity contribution is -0.190. The molecule has 0 saturated carbocycles. The summed E-state index contributed by atoms with van der Waals surface area (Å²) in [6, 6.07) is 5.19. The summed E-state index contributed by atoms with van der Waals surface area (Å²) >= 11 is 1.21. The van der Waals surface area contributed by atoms with Crippen molar-refractivity contribution in [3.63, 3.8) is 0 Å². The second-order valence-electron chi connectivity index (χ2n) is 2.60. The molecule has 0 bridgehead atoms. The van der Waals surface area contributed by atoms with Crippen LogP contribution >= 0.6 is 11.3 Å². The van der Waals surface area contributed by atoms with Gasteiger partial charge in [0.2, 0.25) is 0 Å². The third-order valence-electron chi connectivity index (χ3n) is 1.36. The molecular formula is C8H7F3N2OS.